The maximum atomic E-state index is 12.9. The highest BCUT2D eigenvalue weighted by molar-refractivity contribution is 8.00. The molecule has 0 bridgehead atoms. The molecule has 0 saturated carbocycles. The Morgan fingerprint density at radius 2 is 2.00 bits per heavy atom. The molecular formula is C18H21F3N4O2S. The first-order valence-electron chi connectivity index (χ1n) is 8.83. The van der Waals surface area contributed by atoms with E-state index in [1.807, 2.05) is 0 Å². The summed E-state index contributed by atoms with van der Waals surface area (Å²) >= 11 is -0.282. The number of hydrogen-bond acceptors (Lipinski definition) is 5. The second-order valence-corrected chi connectivity index (χ2v) is 8.31. The Morgan fingerprint density at radius 3 is 2.64 bits per heavy atom. The molecule has 0 aliphatic carbocycles. The average molecular weight is 414 g/mol. The molecule has 10 heteroatoms. The summed E-state index contributed by atoms with van der Waals surface area (Å²) in [6.45, 7) is 3.96. The standard InChI is InChI=1S/C18H21F3N4O2S/c1-17(2,27)15-10-22-25(23-15)12-6-5-9-24(11-12)16(26)13-7-3-4-8-14(13)28-18(19,20)21/h3-4,7-8,10,12,27H,5-6,9,11H2,1-2H3. The molecule has 1 saturated heterocycles. The molecule has 1 aliphatic heterocycles. The zero-order chi connectivity index (χ0) is 20.5. The maximum Gasteiger partial charge on any atom is 0.446 e. The lowest BCUT2D eigenvalue weighted by atomic mass is 10.0. The molecule has 1 N–H and O–H groups in total. The highest BCUT2D eigenvalue weighted by Gasteiger charge is 2.33. The summed E-state index contributed by atoms with van der Waals surface area (Å²) in [4.78, 5) is 15.8. The number of thioether (sulfide) groups is 1. The van der Waals surface area contributed by atoms with E-state index in [1.54, 1.807) is 19.9 Å². The van der Waals surface area contributed by atoms with Crippen LogP contribution in [0.4, 0.5) is 13.2 Å². The van der Waals surface area contributed by atoms with E-state index in [0.717, 1.165) is 6.42 Å². The van der Waals surface area contributed by atoms with E-state index < -0.39 is 17.0 Å². The highest BCUT2D eigenvalue weighted by Crippen LogP contribution is 2.39. The molecule has 1 aromatic heterocycles. The lowest BCUT2D eigenvalue weighted by molar-refractivity contribution is -0.0328. The van der Waals surface area contributed by atoms with Crippen LogP contribution in [0.15, 0.2) is 35.4 Å². The van der Waals surface area contributed by atoms with E-state index in [-0.39, 0.29) is 28.3 Å². The van der Waals surface area contributed by atoms with Crippen LogP contribution in [0.2, 0.25) is 0 Å². The average Bonchev–Trinajstić information content (AvgIpc) is 3.11. The SMILES string of the molecule is CC(C)(O)c1cnn(C2CCCN(C(=O)c3ccccc3SC(F)(F)F)C2)n1. The number of nitrogens with zero attached hydrogens (tertiary/aromatic N) is 4. The molecule has 1 aromatic carbocycles. The fourth-order valence-electron chi connectivity index (χ4n) is 3.09. The molecule has 0 radical (unpaired) electrons. The van der Waals surface area contributed by atoms with Gasteiger partial charge in [0.25, 0.3) is 5.91 Å². The van der Waals surface area contributed by atoms with E-state index in [2.05, 4.69) is 10.2 Å². The zero-order valence-electron chi connectivity index (χ0n) is 15.5. The van der Waals surface area contributed by atoms with Crippen LogP contribution in [0.3, 0.4) is 0 Å². The first-order valence-corrected chi connectivity index (χ1v) is 9.65. The number of halogens is 3. The smallest absolute Gasteiger partial charge is 0.384 e. The second kappa shape index (κ2) is 7.75. The minimum absolute atomic E-state index is 0.0380. The topological polar surface area (TPSA) is 71.2 Å². The third kappa shape index (κ3) is 4.85. The Kier molecular flexibility index (Phi) is 5.72. The summed E-state index contributed by atoms with van der Waals surface area (Å²) in [5, 5.41) is 18.5. The normalized spacial score (nSPS) is 18.4. The van der Waals surface area contributed by atoms with Crippen LogP contribution in [-0.4, -0.2) is 49.5 Å². The fraction of sp³-hybridized carbons (Fsp3) is 0.500. The molecule has 1 unspecified atom stereocenters. The number of piperidine rings is 1. The van der Waals surface area contributed by atoms with Crippen LogP contribution >= 0.6 is 11.8 Å². The van der Waals surface area contributed by atoms with Crippen LogP contribution in [-0.2, 0) is 5.60 Å². The van der Waals surface area contributed by atoms with Gasteiger partial charge in [-0.05, 0) is 50.6 Å². The molecular weight excluding hydrogens is 393 g/mol. The molecule has 1 amide bonds. The van der Waals surface area contributed by atoms with Crippen molar-refractivity contribution in [3.05, 3.63) is 41.7 Å². The maximum absolute atomic E-state index is 12.9. The number of likely N-dealkylation sites (tertiary alicyclic amines) is 1. The molecule has 6 nitrogen and oxygen atoms in total. The van der Waals surface area contributed by atoms with Gasteiger partial charge in [0.15, 0.2) is 0 Å². The fourth-order valence-corrected chi connectivity index (χ4v) is 3.75. The number of alkyl halides is 3. The van der Waals surface area contributed by atoms with Gasteiger partial charge in [0.1, 0.15) is 11.3 Å². The third-order valence-electron chi connectivity index (χ3n) is 4.49. The number of hydrogen-bond donors (Lipinski definition) is 1. The number of aliphatic hydroxyl groups is 1. The first-order chi connectivity index (χ1) is 13.0. The van der Waals surface area contributed by atoms with Crippen molar-refractivity contribution in [3.8, 4) is 0 Å². The van der Waals surface area contributed by atoms with Gasteiger partial charge in [-0.1, -0.05) is 12.1 Å². The van der Waals surface area contributed by atoms with Gasteiger partial charge in [0.2, 0.25) is 0 Å². The number of carbonyl (C=O) groups excluding carboxylic acids is 1. The van der Waals surface area contributed by atoms with Crippen LogP contribution in [0.1, 0.15) is 48.8 Å². The summed E-state index contributed by atoms with van der Waals surface area (Å²) in [6, 6.07) is 5.56. The van der Waals surface area contributed by atoms with Crippen molar-refractivity contribution < 1.29 is 23.1 Å². The van der Waals surface area contributed by atoms with E-state index in [4.69, 9.17) is 0 Å². The van der Waals surface area contributed by atoms with Crippen molar-refractivity contribution in [1.82, 2.24) is 19.9 Å². The van der Waals surface area contributed by atoms with Crippen molar-refractivity contribution in [2.45, 2.75) is 48.7 Å². The number of amides is 1. The van der Waals surface area contributed by atoms with Crippen molar-refractivity contribution in [3.63, 3.8) is 0 Å². The summed E-state index contributed by atoms with van der Waals surface area (Å²) in [6.07, 6.45) is 2.91. The monoisotopic (exact) mass is 414 g/mol. The Labute approximate surface area is 164 Å². The van der Waals surface area contributed by atoms with E-state index >= 15 is 0 Å². The van der Waals surface area contributed by atoms with Crippen molar-refractivity contribution in [2.24, 2.45) is 0 Å². The van der Waals surface area contributed by atoms with Gasteiger partial charge in [-0.25, -0.2) is 0 Å². The first kappa shape index (κ1) is 20.7. The summed E-state index contributed by atoms with van der Waals surface area (Å²) in [7, 11) is 0. The van der Waals surface area contributed by atoms with Gasteiger partial charge in [-0.2, -0.15) is 28.2 Å². The van der Waals surface area contributed by atoms with E-state index in [0.29, 0.717) is 25.2 Å². The Morgan fingerprint density at radius 1 is 1.29 bits per heavy atom. The molecule has 1 aliphatic rings. The second-order valence-electron chi connectivity index (χ2n) is 7.20. The van der Waals surface area contributed by atoms with Crippen molar-refractivity contribution >= 4 is 17.7 Å². The molecule has 1 fully saturated rings. The predicted octanol–water partition coefficient (Wildman–Crippen LogP) is 3.59. The lowest BCUT2D eigenvalue weighted by Gasteiger charge is -2.32. The Hall–Kier alpha value is -2.07. The number of carbonyl (C=O) groups is 1. The number of rotatable bonds is 4. The molecule has 3 rings (SSSR count). The van der Waals surface area contributed by atoms with Gasteiger partial charge < -0.3 is 10.0 Å². The van der Waals surface area contributed by atoms with Gasteiger partial charge in [-0.3, -0.25) is 4.79 Å². The van der Waals surface area contributed by atoms with Gasteiger partial charge in [0, 0.05) is 18.0 Å². The molecule has 2 aromatic rings. The van der Waals surface area contributed by atoms with Crippen LogP contribution < -0.4 is 0 Å². The summed E-state index contributed by atoms with van der Waals surface area (Å²) in [5.74, 6) is -0.438. The molecule has 152 valence electrons. The Balaban J connectivity index is 1.78. The van der Waals surface area contributed by atoms with E-state index in [1.165, 1.54) is 34.1 Å². The van der Waals surface area contributed by atoms with Crippen LogP contribution in [0.25, 0.3) is 0 Å². The molecule has 28 heavy (non-hydrogen) atoms. The van der Waals surface area contributed by atoms with Gasteiger partial charge in [0.05, 0.1) is 17.8 Å². The highest BCUT2D eigenvalue weighted by atomic mass is 32.2. The quantitative estimate of drug-likeness (QED) is 0.775. The van der Waals surface area contributed by atoms with Gasteiger partial charge in [-0.15, -0.1) is 0 Å². The largest absolute Gasteiger partial charge is 0.446 e. The van der Waals surface area contributed by atoms with E-state index in [9.17, 15) is 23.1 Å². The molecule has 1 atom stereocenters. The molecule has 2 heterocycles. The Bertz CT molecular complexity index is 848. The minimum atomic E-state index is -4.46. The van der Waals surface area contributed by atoms with Crippen molar-refractivity contribution in [1.29, 1.82) is 0 Å². The minimum Gasteiger partial charge on any atom is -0.384 e. The van der Waals surface area contributed by atoms with Crippen molar-refractivity contribution in [2.75, 3.05) is 13.1 Å². The summed E-state index contributed by atoms with van der Waals surface area (Å²) < 4.78 is 38.4. The molecule has 0 spiro atoms. The van der Waals surface area contributed by atoms with Crippen LogP contribution in [0.5, 0.6) is 0 Å². The van der Waals surface area contributed by atoms with Gasteiger partial charge >= 0.3 is 5.51 Å². The summed E-state index contributed by atoms with van der Waals surface area (Å²) in [5.41, 5.74) is -5.14. The lowest BCUT2D eigenvalue weighted by Crippen LogP contribution is -2.41. The number of aromatic nitrogens is 3. The zero-order valence-corrected chi connectivity index (χ0v) is 16.3. The van der Waals surface area contributed by atoms with Crippen LogP contribution in [0, 0.1) is 0 Å². The predicted molar refractivity (Wildman–Crippen MR) is 97.8 cm³/mol. The third-order valence-corrected chi connectivity index (χ3v) is 5.30. The number of benzene rings is 1.